The van der Waals surface area contributed by atoms with Crippen molar-refractivity contribution in [2.24, 2.45) is 5.92 Å². The van der Waals surface area contributed by atoms with E-state index in [0.29, 0.717) is 18.0 Å². The molecule has 3 unspecified atom stereocenters. The van der Waals surface area contributed by atoms with Crippen molar-refractivity contribution in [1.29, 1.82) is 0 Å². The molecule has 0 radical (unpaired) electrons. The van der Waals surface area contributed by atoms with Crippen LogP contribution in [0, 0.1) is 33.6 Å². The largest absolute Gasteiger partial charge is 0.313 e. The monoisotopic (exact) mass is 1030 g/mol. The van der Waals surface area contributed by atoms with Gasteiger partial charge in [0.1, 0.15) is 0 Å². The van der Waals surface area contributed by atoms with E-state index in [-0.39, 0.29) is 33.5 Å². The third-order valence-electron chi connectivity index (χ3n) is 19.3. The highest BCUT2D eigenvalue weighted by molar-refractivity contribution is 5.48. The number of hydrogen-bond acceptors (Lipinski definition) is 2. The van der Waals surface area contributed by atoms with Crippen LogP contribution in [-0.2, 0) is 21.7 Å². The third-order valence-corrected chi connectivity index (χ3v) is 19.3. The number of rotatable bonds is 16. The summed E-state index contributed by atoms with van der Waals surface area (Å²) in [6.45, 7) is 27.5. The van der Waals surface area contributed by atoms with Gasteiger partial charge in [0.05, 0.1) is 0 Å². The fraction of sp³-hybridized carbons (Fsp3) is 0.368. The molecule has 2 aliphatic rings. The molecule has 2 N–H and O–H groups in total. The van der Waals surface area contributed by atoms with E-state index in [0.717, 1.165) is 25.9 Å². The molecule has 8 aromatic carbocycles. The molecule has 0 aromatic heterocycles. The number of benzene rings is 8. The maximum Gasteiger partial charge on any atom is 0.0243 e. The second-order valence-corrected chi connectivity index (χ2v) is 25.8. The molecule has 402 valence electrons. The van der Waals surface area contributed by atoms with Crippen LogP contribution in [0.25, 0.3) is 0 Å². The lowest BCUT2D eigenvalue weighted by atomic mass is 9.68. The molecule has 2 fully saturated rings. The van der Waals surface area contributed by atoms with Gasteiger partial charge in [-0.15, -0.1) is 0 Å². The average molecular weight is 1030 g/mol. The highest BCUT2D eigenvalue weighted by Crippen LogP contribution is 2.44. The summed E-state index contributed by atoms with van der Waals surface area (Å²) in [6.07, 6.45) is 7.08. The predicted octanol–water partition coefficient (Wildman–Crippen LogP) is 18.1. The quantitative estimate of drug-likeness (QED) is 0.101. The Morgan fingerprint density at radius 1 is 0.333 bits per heavy atom. The van der Waals surface area contributed by atoms with Crippen molar-refractivity contribution >= 4 is 0 Å². The van der Waals surface area contributed by atoms with E-state index in [9.17, 15) is 0 Å². The van der Waals surface area contributed by atoms with E-state index in [1.165, 1.54) is 115 Å². The molecule has 0 aliphatic carbocycles. The van der Waals surface area contributed by atoms with Crippen LogP contribution in [0.5, 0.6) is 0 Å². The zero-order valence-electron chi connectivity index (χ0n) is 49.0. The van der Waals surface area contributed by atoms with Crippen molar-refractivity contribution in [1.82, 2.24) is 10.6 Å². The predicted molar refractivity (Wildman–Crippen MR) is 332 cm³/mol. The third kappa shape index (κ3) is 11.6. The van der Waals surface area contributed by atoms with E-state index in [1.807, 2.05) is 0 Å². The fourth-order valence-corrected chi connectivity index (χ4v) is 13.6. The summed E-state index contributed by atoms with van der Waals surface area (Å²) >= 11 is 0. The lowest BCUT2D eigenvalue weighted by molar-refractivity contribution is 0.254. The summed E-state index contributed by atoms with van der Waals surface area (Å²) in [5, 5.41) is 8.23. The second-order valence-electron chi connectivity index (χ2n) is 25.8. The van der Waals surface area contributed by atoms with E-state index in [4.69, 9.17) is 0 Å². The topological polar surface area (TPSA) is 24.1 Å². The molecule has 0 saturated carbocycles. The molecule has 8 aromatic rings. The maximum atomic E-state index is 4.25. The van der Waals surface area contributed by atoms with Crippen LogP contribution in [0.2, 0.25) is 0 Å². The molecule has 2 saturated heterocycles. The summed E-state index contributed by atoms with van der Waals surface area (Å²) in [4.78, 5) is 0. The molecule has 2 heterocycles. The highest BCUT2D eigenvalue weighted by Gasteiger charge is 2.37. The highest BCUT2D eigenvalue weighted by atomic mass is 14.9. The molecule has 10 rings (SSSR count). The Hall–Kier alpha value is -6.32. The molecule has 0 spiro atoms. The minimum absolute atomic E-state index is 0.0814. The standard InChI is InChI=1S/C76H88N2/c1-52-15-32-61(33-16-52)73(5,6)64-40-24-57(25-41-64)71(69-14-12-13-49-77-69)60-30-46-68(47-31-60)76(11,67-38-21-55(4)22-39-67)50-56-23-48-70(78-51-56)72(58-26-42-65(43-27-58)74(7,8)62-34-17-53(2)18-35-62)59-28-44-66(45-29-59)75(9,10)63-36-19-54(3)20-37-63/h15-22,24-47,56,69-72,77-78H,12-14,23,48-51H2,1-11H3/t56?,69-,70+,71?,76?/m0/s1. The van der Waals surface area contributed by atoms with Crippen molar-refractivity contribution in [3.63, 3.8) is 0 Å². The Bertz CT molecular complexity index is 3100. The number of hydrogen-bond donors (Lipinski definition) is 2. The second kappa shape index (κ2) is 22.8. The van der Waals surface area contributed by atoms with Gasteiger partial charge in [-0.05, 0) is 146 Å². The molecule has 5 atom stereocenters. The smallest absolute Gasteiger partial charge is 0.0243 e. The van der Waals surface area contributed by atoms with Gasteiger partial charge in [-0.2, -0.15) is 0 Å². The van der Waals surface area contributed by atoms with Gasteiger partial charge in [-0.3, -0.25) is 0 Å². The van der Waals surface area contributed by atoms with Crippen molar-refractivity contribution in [3.05, 3.63) is 283 Å². The number of piperidine rings is 2. The first-order valence-corrected chi connectivity index (χ1v) is 29.6. The van der Waals surface area contributed by atoms with Crippen molar-refractivity contribution in [2.45, 2.75) is 160 Å². The van der Waals surface area contributed by atoms with Crippen LogP contribution in [0.15, 0.2) is 194 Å². The Labute approximate surface area is 470 Å². The summed E-state index contributed by atoms with van der Waals surface area (Å²) in [7, 11) is 0. The fourth-order valence-electron chi connectivity index (χ4n) is 13.6. The van der Waals surface area contributed by atoms with Gasteiger partial charge in [-0.1, -0.05) is 271 Å². The molecular formula is C76H88N2. The first kappa shape index (κ1) is 55.0. The Morgan fingerprint density at radius 3 is 0.897 bits per heavy atom. The van der Waals surface area contributed by atoms with E-state index < -0.39 is 0 Å². The van der Waals surface area contributed by atoms with Crippen LogP contribution in [0.4, 0.5) is 0 Å². The molecule has 2 nitrogen and oxygen atoms in total. The summed E-state index contributed by atoms with van der Waals surface area (Å²) in [5.74, 6) is 1.02. The summed E-state index contributed by atoms with van der Waals surface area (Å²) < 4.78 is 0. The Balaban J connectivity index is 0.919. The number of nitrogens with one attached hydrogen (secondary N) is 2. The summed E-state index contributed by atoms with van der Waals surface area (Å²) in [5.41, 5.74) is 21.2. The van der Waals surface area contributed by atoms with Gasteiger partial charge in [0.25, 0.3) is 0 Å². The average Bonchev–Trinajstić information content (AvgIpc) is 3.45. The summed E-state index contributed by atoms with van der Waals surface area (Å²) in [6, 6.07) is 76.3. The maximum absolute atomic E-state index is 4.25. The molecule has 0 amide bonds. The molecule has 2 aliphatic heterocycles. The first-order chi connectivity index (χ1) is 37.4. The van der Waals surface area contributed by atoms with Crippen molar-refractivity contribution in [2.75, 3.05) is 13.1 Å². The van der Waals surface area contributed by atoms with Gasteiger partial charge in [-0.25, -0.2) is 0 Å². The Kier molecular flexibility index (Phi) is 16.1. The minimum Gasteiger partial charge on any atom is -0.313 e. The molecular weight excluding hydrogens is 941 g/mol. The normalized spacial score (nSPS) is 18.6. The molecule has 78 heavy (non-hydrogen) atoms. The van der Waals surface area contributed by atoms with Gasteiger partial charge in [0.2, 0.25) is 0 Å². The van der Waals surface area contributed by atoms with Crippen LogP contribution in [0.1, 0.15) is 188 Å². The van der Waals surface area contributed by atoms with Crippen LogP contribution in [0.3, 0.4) is 0 Å². The molecule has 2 heteroatoms. The van der Waals surface area contributed by atoms with E-state index >= 15 is 0 Å². The van der Waals surface area contributed by atoms with Gasteiger partial charge < -0.3 is 10.6 Å². The van der Waals surface area contributed by atoms with Crippen LogP contribution in [-0.4, -0.2) is 25.2 Å². The van der Waals surface area contributed by atoms with E-state index in [1.54, 1.807) is 0 Å². The van der Waals surface area contributed by atoms with Gasteiger partial charge in [0, 0.05) is 45.6 Å². The lowest BCUT2D eigenvalue weighted by Gasteiger charge is -2.40. The first-order valence-electron chi connectivity index (χ1n) is 29.6. The van der Waals surface area contributed by atoms with E-state index in [2.05, 4.69) is 281 Å². The zero-order chi connectivity index (χ0) is 54.8. The van der Waals surface area contributed by atoms with Gasteiger partial charge >= 0.3 is 0 Å². The number of aryl methyl sites for hydroxylation is 4. The Morgan fingerprint density at radius 2 is 0.615 bits per heavy atom. The van der Waals surface area contributed by atoms with Crippen molar-refractivity contribution in [3.8, 4) is 0 Å². The van der Waals surface area contributed by atoms with Crippen LogP contribution >= 0.6 is 0 Å². The zero-order valence-corrected chi connectivity index (χ0v) is 49.0. The lowest BCUT2D eigenvalue weighted by Crippen LogP contribution is -2.44. The minimum atomic E-state index is -0.160. The van der Waals surface area contributed by atoms with Gasteiger partial charge in [0.15, 0.2) is 0 Å². The molecule has 0 bridgehead atoms. The van der Waals surface area contributed by atoms with Crippen LogP contribution < -0.4 is 10.6 Å². The van der Waals surface area contributed by atoms with Crippen molar-refractivity contribution < 1.29 is 0 Å². The SMILES string of the molecule is Cc1ccc(C(C)(C)c2ccc(C(c3ccc(C(C)(CC4CC[C@H](C(c5ccc(C(C)(C)c6ccc(C)cc6)cc5)c5ccc(C(C)(C)c6ccc(C)cc6)cc5)NC4)c4ccc(C)cc4)cc3)[C@@H]3CCCCN3)cc2)cc1.